The first-order valence-corrected chi connectivity index (χ1v) is 7.63. The van der Waals surface area contributed by atoms with Crippen LogP contribution in [0.5, 0.6) is 0 Å². The largest absolute Gasteiger partial charge is 0.310 e. The molecule has 0 saturated carbocycles. The standard InChI is InChI=1S/C16H19FN2S/c1-3-10-18-12(2)13-4-9-16(19-11-13)20-15-7-5-14(17)6-8-15/h4-9,11-12,18H,3,10H2,1-2H3. The van der Waals surface area contributed by atoms with Gasteiger partial charge in [-0.1, -0.05) is 24.8 Å². The van der Waals surface area contributed by atoms with Crippen molar-refractivity contribution in [2.45, 2.75) is 36.2 Å². The lowest BCUT2D eigenvalue weighted by atomic mass is 10.1. The van der Waals surface area contributed by atoms with Crippen molar-refractivity contribution in [3.63, 3.8) is 0 Å². The predicted octanol–water partition coefficient (Wildman–Crippen LogP) is 4.43. The number of nitrogens with one attached hydrogen (secondary N) is 1. The smallest absolute Gasteiger partial charge is 0.123 e. The van der Waals surface area contributed by atoms with Crippen molar-refractivity contribution < 1.29 is 4.39 Å². The molecular weight excluding hydrogens is 271 g/mol. The highest BCUT2D eigenvalue weighted by Crippen LogP contribution is 2.26. The maximum absolute atomic E-state index is 12.8. The Morgan fingerprint density at radius 3 is 2.55 bits per heavy atom. The Labute approximate surface area is 123 Å². The zero-order valence-electron chi connectivity index (χ0n) is 11.8. The minimum Gasteiger partial charge on any atom is -0.310 e. The summed E-state index contributed by atoms with van der Waals surface area (Å²) in [4.78, 5) is 5.44. The van der Waals surface area contributed by atoms with E-state index in [-0.39, 0.29) is 5.82 Å². The van der Waals surface area contributed by atoms with Crippen LogP contribution in [-0.4, -0.2) is 11.5 Å². The summed E-state index contributed by atoms with van der Waals surface area (Å²) in [7, 11) is 0. The Hall–Kier alpha value is -1.39. The van der Waals surface area contributed by atoms with Crippen molar-refractivity contribution in [2.24, 2.45) is 0 Å². The third-order valence-electron chi connectivity index (χ3n) is 3.00. The molecule has 1 unspecified atom stereocenters. The summed E-state index contributed by atoms with van der Waals surface area (Å²) >= 11 is 1.54. The molecule has 1 aromatic carbocycles. The normalized spacial score (nSPS) is 12.3. The summed E-state index contributed by atoms with van der Waals surface area (Å²) < 4.78 is 12.8. The van der Waals surface area contributed by atoms with Crippen LogP contribution in [-0.2, 0) is 0 Å². The average molecular weight is 290 g/mol. The van der Waals surface area contributed by atoms with Crippen molar-refractivity contribution in [3.05, 3.63) is 54.0 Å². The first-order valence-electron chi connectivity index (χ1n) is 6.82. The van der Waals surface area contributed by atoms with Gasteiger partial charge in [0.1, 0.15) is 10.8 Å². The molecule has 1 aromatic heterocycles. The van der Waals surface area contributed by atoms with Gasteiger partial charge in [0.2, 0.25) is 0 Å². The lowest BCUT2D eigenvalue weighted by Crippen LogP contribution is -2.19. The molecule has 0 fully saturated rings. The van der Waals surface area contributed by atoms with Crippen molar-refractivity contribution in [2.75, 3.05) is 6.54 Å². The summed E-state index contributed by atoms with van der Waals surface area (Å²) in [5, 5.41) is 4.35. The minimum absolute atomic E-state index is 0.214. The maximum atomic E-state index is 12.8. The number of hydrogen-bond acceptors (Lipinski definition) is 3. The molecule has 1 N–H and O–H groups in total. The van der Waals surface area contributed by atoms with Crippen LogP contribution in [0.2, 0.25) is 0 Å². The van der Waals surface area contributed by atoms with Crippen molar-refractivity contribution in [3.8, 4) is 0 Å². The molecule has 1 atom stereocenters. The van der Waals surface area contributed by atoms with Crippen LogP contribution in [0.4, 0.5) is 4.39 Å². The third kappa shape index (κ3) is 4.32. The van der Waals surface area contributed by atoms with E-state index in [0.717, 1.165) is 22.9 Å². The van der Waals surface area contributed by atoms with Gasteiger partial charge < -0.3 is 5.32 Å². The van der Waals surface area contributed by atoms with Crippen molar-refractivity contribution in [1.29, 1.82) is 0 Å². The van der Waals surface area contributed by atoms with Crippen molar-refractivity contribution in [1.82, 2.24) is 10.3 Å². The quantitative estimate of drug-likeness (QED) is 0.851. The number of nitrogens with zero attached hydrogens (tertiary/aromatic N) is 1. The molecule has 0 aliphatic heterocycles. The Bertz CT molecular complexity index is 525. The lowest BCUT2D eigenvalue weighted by molar-refractivity contribution is 0.568. The van der Waals surface area contributed by atoms with Crippen LogP contribution in [0.15, 0.2) is 52.5 Å². The topological polar surface area (TPSA) is 24.9 Å². The van der Waals surface area contributed by atoms with Gasteiger partial charge in [0, 0.05) is 17.1 Å². The Kier molecular flexibility index (Phi) is 5.56. The van der Waals surface area contributed by atoms with E-state index in [1.165, 1.54) is 29.5 Å². The molecule has 106 valence electrons. The zero-order valence-corrected chi connectivity index (χ0v) is 12.6. The summed E-state index contributed by atoms with van der Waals surface area (Å²) in [5.74, 6) is -0.214. The first-order chi connectivity index (χ1) is 9.69. The Morgan fingerprint density at radius 2 is 1.95 bits per heavy atom. The molecule has 20 heavy (non-hydrogen) atoms. The third-order valence-corrected chi connectivity index (χ3v) is 3.95. The average Bonchev–Trinajstić information content (AvgIpc) is 2.48. The van der Waals surface area contributed by atoms with Gasteiger partial charge in [0.25, 0.3) is 0 Å². The Morgan fingerprint density at radius 1 is 1.20 bits per heavy atom. The number of halogens is 1. The second-order valence-corrected chi connectivity index (χ2v) is 5.76. The number of pyridine rings is 1. The fourth-order valence-electron chi connectivity index (χ4n) is 1.81. The fraction of sp³-hybridized carbons (Fsp3) is 0.312. The summed E-state index contributed by atoms with van der Waals surface area (Å²) in [5.41, 5.74) is 1.18. The molecule has 0 saturated heterocycles. The second-order valence-electron chi connectivity index (χ2n) is 4.66. The van der Waals surface area contributed by atoms with Crippen LogP contribution in [0, 0.1) is 5.82 Å². The lowest BCUT2D eigenvalue weighted by Gasteiger charge is -2.13. The van der Waals surface area contributed by atoms with Gasteiger partial charge in [-0.3, -0.25) is 0 Å². The molecule has 0 amide bonds. The number of hydrogen-bond donors (Lipinski definition) is 1. The second kappa shape index (κ2) is 7.41. The predicted molar refractivity (Wildman–Crippen MR) is 81.5 cm³/mol. The number of aromatic nitrogens is 1. The SMILES string of the molecule is CCCNC(C)c1ccc(Sc2ccc(F)cc2)nc1. The summed E-state index contributed by atoms with van der Waals surface area (Å²) in [6.07, 6.45) is 3.02. The van der Waals surface area contributed by atoms with Gasteiger partial charge in [0.15, 0.2) is 0 Å². The molecule has 4 heteroatoms. The molecule has 0 bridgehead atoms. The summed E-state index contributed by atoms with van der Waals surface area (Å²) in [6, 6.07) is 10.9. The van der Waals surface area contributed by atoms with Crippen LogP contribution in [0.1, 0.15) is 31.9 Å². The van der Waals surface area contributed by atoms with E-state index in [1.54, 1.807) is 12.1 Å². The number of benzene rings is 1. The van der Waals surface area contributed by atoms with E-state index >= 15 is 0 Å². The zero-order chi connectivity index (χ0) is 14.4. The van der Waals surface area contributed by atoms with Crippen LogP contribution in [0.25, 0.3) is 0 Å². The van der Waals surface area contributed by atoms with E-state index in [1.807, 2.05) is 12.3 Å². The van der Waals surface area contributed by atoms with Crippen LogP contribution < -0.4 is 5.32 Å². The first kappa shape index (κ1) is 15.0. The van der Waals surface area contributed by atoms with Gasteiger partial charge in [-0.2, -0.15) is 0 Å². The van der Waals surface area contributed by atoms with E-state index in [0.29, 0.717) is 6.04 Å². The van der Waals surface area contributed by atoms with Gasteiger partial charge in [-0.05, 0) is 55.8 Å². The highest BCUT2D eigenvalue weighted by molar-refractivity contribution is 7.99. The molecule has 0 aliphatic rings. The van der Waals surface area contributed by atoms with E-state index in [4.69, 9.17) is 0 Å². The van der Waals surface area contributed by atoms with Gasteiger partial charge in [-0.25, -0.2) is 9.37 Å². The summed E-state index contributed by atoms with van der Waals surface area (Å²) in [6.45, 7) is 5.30. The van der Waals surface area contributed by atoms with Gasteiger partial charge in [-0.15, -0.1) is 0 Å². The molecular formula is C16H19FN2S. The molecule has 0 aliphatic carbocycles. The fourth-order valence-corrected chi connectivity index (χ4v) is 2.57. The maximum Gasteiger partial charge on any atom is 0.123 e. The van der Waals surface area contributed by atoms with Crippen molar-refractivity contribution >= 4 is 11.8 Å². The van der Waals surface area contributed by atoms with Gasteiger partial charge >= 0.3 is 0 Å². The van der Waals surface area contributed by atoms with Crippen LogP contribution >= 0.6 is 11.8 Å². The van der Waals surface area contributed by atoms with Gasteiger partial charge in [0.05, 0.1) is 0 Å². The molecule has 1 heterocycles. The highest BCUT2D eigenvalue weighted by Gasteiger charge is 2.05. The highest BCUT2D eigenvalue weighted by atomic mass is 32.2. The van der Waals surface area contributed by atoms with E-state index in [9.17, 15) is 4.39 Å². The molecule has 0 spiro atoms. The van der Waals surface area contributed by atoms with E-state index < -0.39 is 0 Å². The molecule has 2 nitrogen and oxygen atoms in total. The Balaban J connectivity index is 1.99. The molecule has 2 aromatic rings. The molecule has 0 radical (unpaired) electrons. The minimum atomic E-state index is -0.214. The number of rotatable bonds is 6. The van der Waals surface area contributed by atoms with Crippen LogP contribution in [0.3, 0.4) is 0 Å². The monoisotopic (exact) mass is 290 g/mol. The molecule has 2 rings (SSSR count). The van der Waals surface area contributed by atoms with E-state index in [2.05, 4.69) is 30.2 Å².